The van der Waals surface area contributed by atoms with Gasteiger partial charge >= 0.3 is 23.9 Å². The highest BCUT2D eigenvalue weighted by Gasteiger charge is 2.50. The van der Waals surface area contributed by atoms with Gasteiger partial charge in [-0.25, -0.2) is 4.79 Å². The molecular formula is C63H108O12. The zero-order valence-corrected chi connectivity index (χ0v) is 47.5. The van der Waals surface area contributed by atoms with E-state index in [4.69, 9.17) is 23.7 Å². The molecule has 1 aliphatic heterocycles. The Morgan fingerprint density at radius 1 is 0.453 bits per heavy atom. The maximum Gasteiger partial charge on any atom is 0.335 e. The van der Waals surface area contributed by atoms with Crippen LogP contribution in [0.4, 0.5) is 0 Å². The third-order valence-corrected chi connectivity index (χ3v) is 13.6. The van der Waals surface area contributed by atoms with E-state index in [0.717, 1.165) is 70.6 Å². The number of rotatable bonds is 51. The van der Waals surface area contributed by atoms with E-state index in [9.17, 15) is 34.5 Å². The molecule has 1 saturated heterocycles. The maximum atomic E-state index is 13.1. The fourth-order valence-electron chi connectivity index (χ4n) is 9.03. The topological polar surface area (TPSA) is 175 Å². The van der Waals surface area contributed by atoms with E-state index >= 15 is 0 Å². The summed E-state index contributed by atoms with van der Waals surface area (Å²) in [5.41, 5.74) is 0. The highest BCUT2D eigenvalue weighted by atomic mass is 16.7. The molecule has 1 aliphatic rings. The van der Waals surface area contributed by atoms with Crippen LogP contribution >= 0.6 is 0 Å². The predicted molar refractivity (Wildman–Crippen MR) is 303 cm³/mol. The summed E-state index contributed by atoms with van der Waals surface area (Å²) in [6.45, 7) is 5.81. The van der Waals surface area contributed by atoms with Crippen molar-refractivity contribution in [3.05, 3.63) is 60.8 Å². The number of aliphatic carboxylic acids is 1. The lowest BCUT2D eigenvalue weighted by molar-refractivity contribution is -0.301. The summed E-state index contributed by atoms with van der Waals surface area (Å²) < 4.78 is 28.3. The van der Waals surface area contributed by atoms with Gasteiger partial charge in [-0.15, -0.1) is 0 Å². The molecule has 0 saturated carbocycles. The number of aliphatic hydroxyl groups is 2. The number of aliphatic hydroxyl groups excluding tert-OH is 2. The lowest BCUT2D eigenvalue weighted by atomic mass is 9.98. The molecule has 3 N–H and O–H groups in total. The van der Waals surface area contributed by atoms with Crippen LogP contribution in [0, 0.1) is 0 Å². The van der Waals surface area contributed by atoms with Gasteiger partial charge < -0.3 is 39.0 Å². The Kier molecular flexibility index (Phi) is 47.4. The normalized spacial score (nSPS) is 18.5. The van der Waals surface area contributed by atoms with Crippen LogP contribution in [-0.4, -0.2) is 89.2 Å². The van der Waals surface area contributed by atoms with Gasteiger partial charge in [0.1, 0.15) is 18.8 Å². The molecule has 0 aliphatic carbocycles. The van der Waals surface area contributed by atoms with Gasteiger partial charge in [-0.2, -0.15) is 0 Å². The molecule has 0 aromatic heterocycles. The van der Waals surface area contributed by atoms with Crippen LogP contribution in [0.25, 0.3) is 0 Å². The number of carbonyl (C=O) groups is 4. The molecule has 1 fully saturated rings. The van der Waals surface area contributed by atoms with Gasteiger partial charge in [0, 0.05) is 12.8 Å². The summed E-state index contributed by atoms with van der Waals surface area (Å²) in [5.74, 6) is -3.27. The minimum Gasteiger partial charge on any atom is -0.479 e. The monoisotopic (exact) mass is 1060 g/mol. The SMILES string of the molecule is CC/C=C\C/C=C\C/C=C\C/C=C\C/C=C\CC(=O)OC(COC(=O)CCCCCCCCCCCCCCCCCCC)COC1OC(C(=O)O)C(O)C(O)C1OC(=O)CCCCCCCCCCCCCCC. The van der Waals surface area contributed by atoms with Crippen molar-refractivity contribution in [2.45, 2.75) is 302 Å². The van der Waals surface area contributed by atoms with Crippen LogP contribution in [0.15, 0.2) is 60.8 Å². The Morgan fingerprint density at radius 2 is 0.827 bits per heavy atom. The first kappa shape index (κ1) is 69.4. The van der Waals surface area contributed by atoms with Crippen molar-refractivity contribution in [2.75, 3.05) is 13.2 Å². The van der Waals surface area contributed by atoms with Crippen molar-refractivity contribution in [3.8, 4) is 0 Å². The fourth-order valence-corrected chi connectivity index (χ4v) is 9.03. The summed E-state index contributed by atoms with van der Waals surface area (Å²) in [7, 11) is 0. The largest absolute Gasteiger partial charge is 0.479 e. The Bertz CT molecular complexity index is 1540. The molecular weight excluding hydrogens is 949 g/mol. The average Bonchev–Trinajstić information content (AvgIpc) is 3.39. The van der Waals surface area contributed by atoms with Crippen LogP contribution in [0.1, 0.15) is 265 Å². The molecule has 0 bridgehead atoms. The van der Waals surface area contributed by atoms with Crippen molar-refractivity contribution < 1.29 is 58.2 Å². The minimum absolute atomic E-state index is 0.0532. The quantitative estimate of drug-likeness (QED) is 0.0228. The van der Waals surface area contributed by atoms with Gasteiger partial charge in [0.2, 0.25) is 0 Å². The summed E-state index contributed by atoms with van der Waals surface area (Å²) in [4.78, 5) is 51.1. The van der Waals surface area contributed by atoms with E-state index in [1.165, 1.54) is 135 Å². The van der Waals surface area contributed by atoms with Gasteiger partial charge in [0.15, 0.2) is 24.6 Å². The zero-order chi connectivity index (χ0) is 54.7. The number of carboxylic acid groups (broad SMARTS) is 1. The van der Waals surface area contributed by atoms with E-state index < -0.39 is 67.3 Å². The molecule has 0 amide bonds. The number of carbonyl (C=O) groups excluding carboxylic acids is 3. The van der Waals surface area contributed by atoms with E-state index in [1.807, 2.05) is 12.2 Å². The molecule has 6 unspecified atom stereocenters. The Labute approximate surface area is 456 Å². The zero-order valence-electron chi connectivity index (χ0n) is 47.5. The summed E-state index contributed by atoms with van der Waals surface area (Å²) >= 11 is 0. The van der Waals surface area contributed by atoms with Crippen molar-refractivity contribution in [1.82, 2.24) is 0 Å². The predicted octanol–water partition coefficient (Wildman–Crippen LogP) is 15.6. The van der Waals surface area contributed by atoms with Gasteiger partial charge in [0.25, 0.3) is 0 Å². The molecule has 0 aromatic carbocycles. The molecule has 0 radical (unpaired) electrons. The van der Waals surface area contributed by atoms with E-state index in [0.29, 0.717) is 19.3 Å². The van der Waals surface area contributed by atoms with Crippen LogP contribution in [0.3, 0.4) is 0 Å². The summed E-state index contributed by atoms with van der Waals surface area (Å²) in [5, 5.41) is 31.5. The standard InChI is InChI=1S/C63H108O12/c1-4-7-10-13-16-19-22-25-27-28-30-32-34-37-40-43-46-49-55(64)71-52-54(73-56(65)50-47-44-41-38-36-33-29-26-23-20-17-14-11-8-5-2)53-72-63-61(59(68)58(67)60(75-63)62(69)70)74-57(66)51-48-45-42-39-35-31-24-21-18-15-12-9-6-3/h8,11,17,20,26,29,36,38,44,47,54,58-61,63,67-68H,4-7,9-10,12-16,18-19,21-25,27-28,30-35,37,39-43,45-46,48-53H2,1-3H3,(H,69,70)/b11-8-,20-17-,29-26-,38-36-,47-44-. The van der Waals surface area contributed by atoms with Crippen LogP contribution in [0.2, 0.25) is 0 Å². The van der Waals surface area contributed by atoms with Gasteiger partial charge in [-0.3, -0.25) is 14.4 Å². The van der Waals surface area contributed by atoms with Gasteiger partial charge in [-0.05, 0) is 44.9 Å². The first-order valence-electron chi connectivity index (χ1n) is 30.3. The maximum absolute atomic E-state index is 13.1. The number of ether oxygens (including phenoxy) is 5. The smallest absolute Gasteiger partial charge is 0.335 e. The van der Waals surface area contributed by atoms with Crippen LogP contribution in [0.5, 0.6) is 0 Å². The second kappa shape index (κ2) is 51.2. The molecule has 0 spiro atoms. The fraction of sp³-hybridized carbons (Fsp3) is 0.778. The second-order valence-corrected chi connectivity index (χ2v) is 20.6. The van der Waals surface area contributed by atoms with Gasteiger partial charge in [0.05, 0.1) is 13.0 Å². The average molecular weight is 1060 g/mol. The van der Waals surface area contributed by atoms with Crippen molar-refractivity contribution in [3.63, 3.8) is 0 Å². The third-order valence-electron chi connectivity index (χ3n) is 13.6. The number of carboxylic acids is 1. The molecule has 6 atom stereocenters. The molecule has 75 heavy (non-hydrogen) atoms. The Hall–Kier alpha value is -3.58. The number of allylic oxidation sites excluding steroid dienone is 9. The lowest BCUT2D eigenvalue weighted by Crippen LogP contribution is -2.61. The first-order chi connectivity index (χ1) is 36.6. The van der Waals surface area contributed by atoms with Crippen LogP contribution < -0.4 is 0 Å². The number of hydrogen-bond acceptors (Lipinski definition) is 11. The third kappa shape index (κ3) is 41.2. The molecule has 432 valence electrons. The summed E-state index contributed by atoms with van der Waals surface area (Å²) in [6.07, 6.45) is 50.8. The molecule has 1 rings (SSSR count). The molecule has 1 heterocycles. The van der Waals surface area contributed by atoms with Crippen molar-refractivity contribution in [2.24, 2.45) is 0 Å². The number of hydrogen-bond donors (Lipinski definition) is 3. The second-order valence-electron chi connectivity index (χ2n) is 20.6. The van der Waals surface area contributed by atoms with E-state index in [1.54, 1.807) is 6.08 Å². The molecule has 12 nitrogen and oxygen atoms in total. The van der Waals surface area contributed by atoms with E-state index in [-0.39, 0.29) is 25.9 Å². The minimum atomic E-state index is -1.91. The molecule has 0 aromatic rings. The van der Waals surface area contributed by atoms with E-state index in [2.05, 4.69) is 63.3 Å². The van der Waals surface area contributed by atoms with Crippen molar-refractivity contribution in [1.29, 1.82) is 0 Å². The Balaban J connectivity index is 2.72. The lowest BCUT2D eigenvalue weighted by Gasteiger charge is -2.40. The number of unbranched alkanes of at least 4 members (excludes halogenated alkanes) is 28. The highest BCUT2D eigenvalue weighted by molar-refractivity contribution is 5.74. The highest BCUT2D eigenvalue weighted by Crippen LogP contribution is 2.26. The first-order valence-corrected chi connectivity index (χ1v) is 30.3. The summed E-state index contributed by atoms with van der Waals surface area (Å²) in [6, 6.07) is 0. The van der Waals surface area contributed by atoms with Crippen LogP contribution in [-0.2, 0) is 42.9 Å². The Morgan fingerprint density at radius 3 is 1.23 bits per heavy atom. The van der Waals surface area contributed by atoms with Gasteiger partial charge in [-0.1, -0.05) is 261 Å². The molecule has 12 heteroatoms. The number of esters is 3. The van der Waals surface area contributed by atoms with Crippen molar-refractivity contribution >= 4 is 23.9 Å².